The third-order valence-electron chi connectivity index (χ3n) is 3.61. The van der Waals surface area contributed by atoms with E-state index in [1.807, 2.05) is 24.3 Å². The number of carbonyl (C=O) groups excluding carboxylic acids is 1. The van der Waals surface area contributed by atoms with E-state index in [0.29, 0.717) is 17.3 Å². The third kappa shape index (κ3) is 7.37. The standard InChI is InChI=1S/C18H19Cl3N2O3S2/c1-28(25,26)23(16-9-14(19)8-15(20)10-16)11-18(24)22-6-7-27-12-13-4-2-3-5-17(13)21/h2-5,8-10H,6-7,11-12H2,1H3,(H,22,24). The van der Waals surface area contributed by atoms with E-state index in [1.54, 1.807) is 11.8 Å². The van der Waals surface area contributed by atoms with Gasteiger partial charge in [0.25, 0.3) is 0 Å². The lowest BCUT2D eigenvalue weighted by atomic mass is 10.2. The van der Waals surface area contributed by atoms with Crippen LogP contribution < -0.4 is 9.62 Å². The van der Waals surface area contributed by atoms with E-state index in [0.717, 1.165) is 21.9 Å². The van der Waals surface area contributed by atoms with E-state index in [1.165, 1.54) is 18.2 Å². The normalized spacial score (nSPS) is 11.3. The van der Waals surface area contributed by atoms with Crippen LogP contribution in [0, 0.1) is 0 Å². The van der Waals surface area contributed by atoms with Gasteiger partial charge in [-0.3, -0.25) is 9.10 Å². The Morgan fingerprint density at radius 1 is 1.11 bits per heavy atom. The first-order valence-electron chi connectivity index (χ1n) is 8.18. The summed E-state index contributed by atoms with van der Waals surface area (Å²) in [5.74, 6) is 0.977. The second-order valence-corrected chi connectivity index (χ2v) is 10.2. The van der Waals surface area contributed by atoms with Gasteiger partial charge in [0.15, 0.2) is 0 Å². The van der Waals surface area contributed by atoms with Gasteiger partial charge in [-0.1, -0.05) is 53.0 Å². The Morgan fingerprint density at radius 3 is 2.36 bits per heavy atom. The summed E-state index contributed by atoms with van der Waals surface area (Å²) in [7, 11) is -3.69. The molecule has 2 rings (SSSR count). The maximum Gasteiger partial charge on any atom is 0.240 e. The van der Waals surface area contributed by atoms with E-state index in [9.17, 15) is 13.2 Å². The van der Waals surface area contributed by atoms with Crippen molar-refractivity contribution in [2.24, 2.45) is 0 Å². The number of amides is 1. The number of nitrogens with one attached hydrogen (secondary N) is 1. The fourth-order valence-electron chi connectivity index (χ4n) is 2.33. The van der Waals surface area contributed by atoms with Crippen LogP contribution in [-0.2, 0) is 20.6 Å². The topological polar surface area (TPSA) is 66.5 Å². The molecule has 0 atom stereocenters. The highest BCUT2D eigenvalue weighted by molar-refractivity contribution is 7.98. The second kappa shape index (κ2) is 10.6. The van der Waals surface area contributed by atoms with Crippen molar-refractivity contribution in [3.05, 3.63) is 63.1 Å². The summed E-state index contributed by atoms with van der Waals surface area (Å²) >= 11 is 19.6. The summed E-state index contributed by atoms with van der Waals surface area (Å²) in [6.07, 6.45) is 1.02. The van der Waals surface area contributed by atoms with Crippen LogP contribution in [0.25, 0.3) is 0 Å². The number of hydrogen-bond donors (Lipinski definition) is 1. The zero-order chi connectivity index (χ0) is 20.7. The van der Waals surface area contributed by atoms with Gasteiger partial charge >= 0.3 is 0 Å². The van der Waals surface area contributed by atoms with E-state index >= 15 is 0 Å². The van der Waals surface area contributed by atoms with Crippen LogP contribution >= 0.6 is 46.6 Å². The van der Waals surface area contributed by atoms with Crippen LogP contribution in [0.2, 0.25) is 15.1 Å². The minimum atomic E-state index is -3.69. The highest BCUT2D eigenvalue weighted by atomic mass is 35.5. The zero-order valence-electron chi connectivity index (χ0n) is 15.0. The SMILES string of the molecule is CS(=O)(=O)N(CC(=O)NCCSCc1ccccc1Cl)c1cc(Cl)cc(Cl)c1. The molecule has 2 aromatic rings. The first kappa shape index (κ1) is 23.2. The lowest BCUT2D eigenvalue weighted by molar-refractivity contribution is -0.119. The molecule has 0 fully saturated rings. The predicted molar refractivity (Wildman–Crippen MR) is 119 cm³/mol. The fourth-order valence-corrected chi connectivity index (χ4v) is 4.83. The molecule has 0 aromatic heterocycles. The Balaban J connectivity index is 1.87. The summed E-state index contributed by atoms with van der Waals surface area (Å²) in [4.78, 5) is 12.2. The molecule has 1 amide bonds. The molecule has 0 heterocycles. The van der Waals surface area contributed by atoms with Gasteiger partial charge in [0, 0.05) is 33.1 Å². The van der Waals surface area contributed by atoms with Gasteiger partial charge in [-0.2, -0.15) is 11.8 Å². The molecule has 0 saturated carbocycles. The number of nitrogens with zero attached hydrogens (tertiary/aromatic N) is 1. The van der Waals surface area contributed by atoms with E-state index in [-0.39, 0.29) is 22.3 Å². The maximum atomic E-state index is 12.2. The first-order valence-corrected chi connectivity index (χ1v) is 12.3. The summed E-state index contributed by atoms with van der Waals surface area (Å²) in [6, 6.07) is 12.0. The molecule has 152 valence electrons. The molecule has 0 saturated heterocycles. The van der Waals surface area contributed by atoms with Crippen molar-refractivity contribution in [1.29, 1.82) is 0 Å². The highest BCUT2D eigenvalue weighted by Crippen LogP contribution is 2.27. The van der Waals surface area contributed by atoms with E-state index < -0.39 is 15.9 Å². The van der Waals surface area contributed by atoms with Crippen molar-refractivity contribution >= 4 is 68.2 Å². The number of benzene rings is 2. The molecule has 10 heteroatoms. The van der Waals surface area contributed by atoms with Crippen LogP contribution in [-0.4, -0.2) is 39.4 Å². The van der Waals surface area contributed by atoms with Crippen molar-refractivity contribution < 1.29 is 13.2 Å². The Morgan fingerprint density at radius 2 is 1.75 bits per heavy atom. The van der Waals surface area contributed by atoms with Crippen LogP contribution in [0.1, 0.15) is 5.56 Å². The Hall–Kier alpha value is -1.12. The minimum Gasteiger partial charge on any atom is -0.354 e. The summed E-state index contributed by atoms with van der Waals surface area (Å²) in [5, 5.41) is 4.00. The fraction of sp³-hybridized carbons (Fsp3) is 0.278. The van der Waals surface area contributed by atoms with E-state index in [4.69, 9.17) is 34.8 Å². The molecule has 2 aromatic carbocycles. The van der Waals surface area contributed by atoms with Crippen LogP contribution in [0.5, 0.6) is 0 Å². The quantitative estimate of drug-likeness (QED) is 0.537. The van der Waals surface area contributed by atoms with Crippen molar-refractivity contribution in [2.75, 3.05) is 29.4 Å². The van der Waals surface area contributed by atoms with Gasteiger partial charge in [-0.05, 0) is 29.8 Å². The highest BCUT2D eigenvalue weighted by Gasteiger charge is 2.21. The van der Waals surface area contributed by atoms with Gasteiger partial charge in [-0.15, -0.1) is 0 Å². The summed E-state index contributed by atoms with van der Waals surface area (Å²) in [6.45, 7) is 0.0482. The van der Waals surface area contributed by atoms with Gasteiger partial charge in [0.1, 0.15) is 6.54 Å². The summed E-state index contributed by atoms with van der Waals surface area (Å²) < 4.78 is 25.2. The Kier molecular flexibility index (Phi) is 8.77. The van der Waals surface area contributed by atoms with Crippen molar-refractivity contribution in [3.8, 4) is 0 Å². The van der Waals surface area contributed by atoms with Crippen LogP contribution in [0.3, 0.4) is 0 Å². The number of hydrogen-bond acceptors (Lipinski definition) is 4. The van der Waals surface area contributed by atoms with Crippen LogP contribution in [0.15, 0.2) is 42.5 Å². The van der Waals surface area contributed by atoms with Gasteiger partial charge in [0.2, 0.25) is 15.9 Å². The average molecular weight is 482 g/mol. The molecule has 0 bridgehead atoms. The van der Waals surface area contributed by atoms with E-state index in [2.05, 4.69) is 5.32 Å². The van der Waals surface area contributed by atoms with Crippen LogP contribution in [0.4, 0.5) is 5.69 Å². The molecule has 1 N–H and O–H groups in total. The molecule has 0 aliphatic heterocycles. The molecule has 28 heavy (non-hydrogen) atoms. The molecule has 0 radical (unpaired) electrons. The number of sulfonamides is 1. The number of anilines is 1. The van der Waals surface area contributed by atoms with Crippen molar-refractivity contribution in [2.45, 2.75) is 5.75 Å². The second-order valence-electron chi connectivity index (χ2n) is 5.89. The third-order valence-corrected chi connectivity index (χ3v) is 6.56. The number of thioether (sulfide) groups is 1. The van der Waals surface area contributed by atoms with Gasteiger partial charge in [0.05, 0.1) is 11.9 Å². The molecule has 5 nitrogen and oxygen atoms in total. The Labute approximate surface area is 184 Å². The van der Waals surface area contributed by atoms with Crippen molar-refractivity contribution in [1.82, 2.24) is 5.32 Å². The first-order chi connectivity index (χ1) is 13.2. The van der Waals surface area contributed by atoms with Gasteiger partial charge in [-0.25, -0.2) is 8.42 Å². The number of rotatable bonds is 9. The average Bonchev–Trinajstić information content (AvgIpc) is 2.59. The maximum absolute atomic E-state index is 12.2. The number of carbonyl (C=O) groups is 1. The smallest absolute Gasteiger partial charge is 0.240 e. The Bertz CT molecular complexity index is 919. The minimum absolute atomic E-state index is 0.239. The molecular formula is C18H19Cl3N2O3S2. The van der Waals surface area contributed by atoms with Gasteiger partial charge < -0.3 is 5.32 Å². The summed E-state index contributed by atoms with van der Waals surface area (Å²) in [5.41, 5.74) is 1.27. The predicted octanol–water partition coefficient (Wildman–Crippen LogP) is 4.46. The molecule has 0 spiro atoms. The number of halogens is 3. The molecular weight excluding hydrogens is 463 g/mol. The lowest BCUT2D eigenvalue weighted by Crippen LogP contribution is -2.41. The lowest BCUT2D eigenvalue weighted by Gasteiger charge is -2.22. The monoisotopic (exact) mass is 480 g/mol. The zero-order valence-corrected chi connectivity index (χ0v) is 18.9. The molecule has 0 unspecified atom stereocenters. The molecule has 0 aliphatic carbocycles. The van der Waals surface area contributed by atoms with Crippen molar-refractivity contribution in [3.63, 3.8) is 0 Å². The largest absolute Gasteiger partial charge is 0.354 e. The molecule has 0 aliphatic rings.